The molecule has 0 radical (unpaired) electrons. The van der Waals surface area contributed by atoms with Crippen molar-refractivity contribution in [3.8, 4) is 0 Å². The van der Waals surface area contributed by atoms with Crippen LogP contribution in [0, 0.1) is 10.1 Å². The fourth-order valence-corrected chi connectivity index (χ4v) is 1.16. The molecule has 2 atom stereocenters. The van der Waals surface area contributed by atoms with Crippen LogP contribution in [0.5, 0.6) is 0 Å². The summed E-state index contributed by atoms with van der Waals surface area (Å²) in [5.41, 5.74) is 0. The fraction of sp³-hybridized carbons (Fsp3) is 1.00. The number of nitrogens with zero attached hydrogens (tertiary/aromatic N) is 1. The third-order valence-electron chi connectivity index (χ3n) is 1.53. The van der Waals surface area contributed by atoms with Gasteiger partial charge in [-0.2, -0.15) is 0 Å². The van der Waals surface area contributed by atoms with Crippen LogP contribution >= 0.6 is 34.8 Å². The Kier molecular flexibility index (Phi) is 6.79. The zero-order valence-electron chi connectivity index (χ0n) is 8.03. The highest BCUT2D eigenvalue weighted by atomic mass is 35.6. The Morgan fingerprint density at radius 3 is 2.40 bits per heavy atom. The summed E-state index contributed by atoms with van der Waals surface area (Å²) >= 11 is 16.5. The third-order valence-corrected chi connectivity index (χ3v) is 2.26. The summed E-state index contributed by atoms with van der Waals surface area (Å²) in [5.74, 6) is 0. The summed E-state index contributed by atoms with van der Waals surface area (Å²) in [6, 6.07) is 0. The molecule has 0 unspecified atom stereocenters. The molecular formula is C7H12Cl3NO4. The molecule has 0 aromatic heterocycles. The zero-order chi connectivity index (χ0) is 12.1. The minimum absolute atomic E-state index is 0.101. The lowest BCUT2D eigenvalue weighted by atomic mass is 10.3. The maximum absolute atomic E-state index is 10.3. The summed E-state index contributed by atoms with van der Waals surface area (Å²) in [4.78, 5) is 9.64. The van der Waals surface area contributed by atoms with E-state index in [-0.39, 0.29) is 6.61 Å². The Balaban J connectivity index is 4.09. The molecule has 8 heteroatoms. The molecule has 0 aliphatic rings. The number of alkyl halides is 3. The molecule has 0 aliphatic heterocycles. The Hall–Kier alpha value is 0.190. The van der Waals surface area contributed by atoms with Crippen LogP contribution in [-0.2, 0) is 4.74 Å². The molecule has 0 fully saturated rings. The first kappa shape index (κ1) is 15.2. The van der Waals surface area contributed by atoms with E-state index >= 15 is 0 Å². The van der Waals surface area contributed by atoms with E-state index in [1.807, 2.05) is 0 Å². The van der Waals surface area contributed by atoms with E-state index in [0.29, 0.717) is 6.42 Å². The number of ether oxygens (including phenoxy) is 1. The van der Waals surface area contributed by atoms with E-state index in [2.05, 4.69) is 0 Å². The van der Waals surface area contributed by atoms with Gasteiger partial charge in [-0.1, -0.05) is 34.8 Å². The van der Waals surface area contributed by atoms with Crippen molar-refractivity contribution in [1.29, 1.82) is 0 Å². The number of aliphatic hydroxyl groups is 1. The molecule has 0 rings (SSSR count). The van der Waals surface area contributed by atoms with Gasteiger partial charge < -0.3 is 9.84 Å². The summed E-state index contributed by atoms with van der Waals surface area (Å²) in [6.07, 6.45) is -1.34. The minimum atomic E-state index is -1.84. The number of rotatable bonds is 6. The van der Waals surface area contributed by atoms with Crippen LogP contribution in [0.25, 0.3) is 0 Å². The summed E-state index contributed by atoms with van der Waals surface area (Å²) in [5, 5.41) is 19.2. The van der Waals surface area contributed by atoms with Crippen LogP contribution in [0.1, 0.15) is 13.3 Å². The van der Waals surface area contributed by atoms with Gasteiger partial charge in [-0.15, -0.1) is 0 Å². The molecular weight excluding hydrogens is 268 g/mol. The summed E-state index contributed by atoms with van der Waals surface area (Å²) in [7, 11) is 0. The van der Waals surface area contributed by atoms with E-state index in [4.69, 9.17) is 44.6 Å². The molecule has 90 valence electrons. The van der Waals surface area contributed by atoms with E-state index in [0.717, 1.165) is 0 Å². The van der Waals surface area contributed by atoms with Crippen molar-refractivity contribution < 1.29 is 14.8 Å². The normalized spacial score (nSPS) is 16.1. The Bertz CT molecular complexity index is 207. The second kappa shape index (κ2) is 6.70. The van der Waals surface area contributed by atoms with Crippen LogP contribution in [0.15, 0.2) is 0 Å². The molecule has 0 heterocycles. The van der Waals surface area contributed by atoms with Gasteiger partial charge in [-0.3, -0.25) is 10.1 Å². The second-order valence-corrected chi connectivity index (χ2v) is 5.42. The average molecular weight is 281 g/mol. The molecule has 0 spiro atoms. The number of nitro groups is 1. The van der Waals surface area contributed by atoms with Crippen LogP contribution in [0.3, 0.4) is 0 Å². The predicted molar refractivity (Wildman–Crippen MR) is 58.2 cm³/mol. The van der Waals surface area contributed by atoms with Gasteiger partial charge in [0.1, 0.15) is 0 Å². The highest BCUT2D eigenvalue weighted by Crippen LogP contribution is 2.32. The highest BCUT2D eigenvalue weighted by molar-refractivity contribution is 6.68. The topological polar surface area (TPSA) is 72.6 Å². The number of halogens is 3. The quantitative estimate of drug-likeness (QED) is 0.457. The molecule has 0 saturated heterocycles. The van der Waals surface area contributed by atoms with Crippen LogP contribution in [-0.4, -0.2) is 39.2 Å². The van der Waals surface area contributed by atoms with Crippen molar-refractivity contribution >= 4 is 34.8 Å². The number of hydrogen-bond acceptors (Lipinski definition) is 4. The zero-order valence-corrected chi connectivity index (χ0v) is 10.3. The first-order valence-corrected chi connectivity index (χ1v) is 5.35. The average Bonchev–Trinajstić information content (AvgIpc) is 1.99. The lowest BCUT2D eigenvalue weighted by Crippen LogP contribution is -2.36. The SMILES string of the molecule is C[C@H](O)CCO[C@@H](C[N+](=O)[O-])C(Cl)(Cl)Cl. The van der Waals surface area contributed by atoms with Crippen molar-refractivity contribution in [3.63, 3.8) is 0 Å². The van der Waals surface area contributed by atoms with Crippen molar-refractivity contribution in [1.82, 2.24) is 0 Å². The van der Waals surface area contributed by atoms with Crippen LogP contribution in [0.4, 0.5) is 0 Å². The van der Waals surface area contributed by atoms with Gasteiger partial charge in [0.05, 0.1) is 6.10 Å². The third kappa shape index (κ3) is 8.04. The molecule has 15 heavy (non-hydrogen) atoms. The van der Waals surface area contributed by atoms with Crippen molar-refractivity contribution in [2.45, 2.75) is 29.3 Å². The van der Waals surface area contributed by atoms with Gasteiger partial charge in [-0.25, -0.2) is 0 Å². The maximum Gasteiger partial charge on any atom is 0.233 e. The molecule has 5 nitrogen and oxygen atoms in total. The summed E-state index contributed by atoms with van der Waals surface area (Å²) in [6.45, 7) is 1.08. The van der Waals surface area contributed by atoms with Crippen LogP contribution < -0.4 is 0 Å². The maximum atomic E-state index is 10.3. The van der Waals surface area contributed by atoms with Gasteiger partial charge in [0.25, 0.3) is 0 Å². The lowest BCUT2D eigenvalue weighted by molar-refractivity contribution is -0.491. The number of hydrogen-bond donors (Lipinski definition) is 1. The van der Waals surface area contributed by atoms with Gasteiger partial charge in [0.2, 0.25) is 10.3 Å². The first-order valence-electron chi connectivity index (χ1n) is 4.21. The Labute approximate surface area is 102 Å². The molecule has 0 aliphatic carbocycles. The van der Waals surface area contributed by atoms with Gasteiger partial charge in [0.15, 0.2) is 6.10 Å². The second-order valence-electron chi connectivity index (χ2n) is 3.05. The lowest BCUT2D eigenvalue weighted by Gasteiger charge is -2.21. The Morgan fingerprint density at radius 1 is 1.53 bits per heavy atom. The first-order chi connectivity index (χ1) is 6.73. The molecule has 0 saturated carbocycles. The van der Waals surface area contributed by atoms with Crippen molar-refractivity contribution in [2.24, 2.45) is 0 Å². The number of aliphatic hydroxyl groups excluding tert-OH is 1. The molecule has 1 N–H and O–H groups in total. The smallest absolute Gasteiger partial charge is 0.233 e. The molecule has 0 aromatic carbocycles. The van der Waals surface area contributed by atoms with Gasteiger partial charge >= 0.3 is 0 Å². The molecule has 0 amide bonds. The van der Waals surface area contributed by atoms with E-state index in [1.165, 1.54) is 0 Å². The van der Waals surface area contributed by atoms with E-state index in [9.17, 15) is 10.1 Å². The predicted octanol–water partition coefficient (Wildman–Crippen LogP) is 1.79. The van der Waals surface area contributed by atoms with Crippen molar-refractivity contribution in [2.75, 3.05) is 13.2 Å². The monoisotopic (exact) mass is 279 g/mol. The Morgan fingerprint density at radius 2 is 2.07 bits per heavy atom. The highest BCUT2D eigenvalue weighted by Gasteiger charge is 2.37. The van der Waals surface area contributed by atoms with Gasteiger partial charge in [-0.05, 0) is 13.3 Å². The van der Waals surface area contributed by atoms with Gasteiger partial charge in [0, 0.05) is 11.5 Å². The molecule has 0 aromatic rings. The minimum Gasteiger partial charge on any atom is -0.393 e. The summed E-state index contributed by atoms with van der Waals surface area (Å²) < 4.78 is 3.19. The molecule has 0 bridgehead atoms. The van der Waals surface area contributed by atoms with Crippen LogP contribution in [0.2, 0.25) is 0 Å². The largest absolute Gasteiger partial charge is 0.393 e. The standard InChI is InChI=1S/C7H12Cl3NO4/c1-5(12)2-3-15-6(4-11(13)14)7(8,9)10/h5-6,12H,2-4H2,1H3/t5-,6-/m0/s1. The van der Waals surface area contributed by atoms with Crippen molar-refractivity contribution in [3.05, 3.63) is 10.1 Å². The van der Waals surface area contributed by atoms with E-state index in [1.54, 1.807) is 6.92 Å². The van der Waals surface area contributed by atoms with E-state index < -0.39 is 27.5 Å². The fourth-order valence-electron chi connectivity index (χ4n) is 0.767.